The van der Waals surface area contributed by atoms with Gasteiger partial charge in [-0.25, -0.2) is 4.98 Å². The van der Waals surface area contributed by atoms with E-state index in [0.29, 0.717) is 17.7 Å². The number of thiazole rings is 1. The molecule has 2 N–H and O–H groups in total. The second-order valence-electron chi connectivity index (χ2n) is 5.87. The summed E-state index contributed by atoms with van der Waals surface area (Å²) in [5.41, 5.74) is 1.04. The van der Waals surface area contributed by atoms with Crippen LogP contribution < -0.4 is 5.32 Å². The molecular formula is C18H22N2O3S. The fourth-order valence-corrected chi connectivity index (χ4v) is 3.75. The number of amides is 1. The summed E-state index contributed by atoms with van der Waals surface area (Å²) in [4.78, 5) is 17.5. The summed E-state index contributed by atoms with van der Waals surface area (Å²) in [6.45, 7) is 0.881. The Morgan fingerprint density at radius 2 is 2.25 bits per heavy atom. The molecule has 24 heavy (non-hydrogen) atoms. The van der Waals surface area contributed by atoms with Gasteiger partial charge in [-0.1, -0.05) is 30.3 Å². The van der Waals surface area contributed by atoms with Gasteiger partial charge >= 0.3 is 0 Å². The lowest BCUT2D eigenvalue weighted by molar-refractivity contribution is 0.0936. The number of nitrogens with one attached hydrogen (secondary N) is 1. The van der Waals surface area contributed by atoms with E-state index in [1.807, 2.05) is 30.3 Å². The summed E-state index contributed by atoms with van der Waals surface area (Å²) in [7, 11) is 0. The Morgan fingerprint density at radius 3 is 2.96 bits per heavy atom. The number of rotatable bonds is 7. The molecule has 3 rings (SSSR count). The molecule has 0 bridgehead atoms. The van der Waals surface area contributed by atoms with Gasteiger partial charge in [0.25, 0.3) is 5.91 Å². The Morgan fingerprint density at radius 1 is 1.42 bits per heavy atom. The predicted octanol–water partition coefficient (Wildman–Crippen LogP) is 3.24. The Bertz CT molecular complexity index is 653. The highest BCUT2D eigenvalue weighted by atomic mass is 32.1. The first-order chi connectivity index (χ1) is 11.8. The van der Waals surface area contributed by atoms with E-state index >= 15 is 0 Å². The number of hydrogen-bond acceptors (Lipinski definition) is 5. The Hall–Kier alpha value is -1.76. The van der Waals surface area contributed by atoms with Crippen molar-refractivity contribution in [2.75, 3.05) is 13.2 Å². The van der Waals surface area contributed by atoms with E-state index in [0.717, 1.165) is 30.0 Å². The fourth-order valence-electron chi connectivity index (χ4n) is 2.85. The lowest BCUT2D eigenvalue weighted by Crippen LogP contribution is -2.28. The van der Waals surface area contributed by atoms with Crippen LogP contribution in [0.3, 0.4) is 0 Å². The minimum Gasteiger partial charge on any atom is -0.396 e. The van der Waals surface area contributed by atoms with Crippen LogP contribution in [0.2, 0.25) is 0 Å². The minimum absolute atomic E-state index is 0.0378. The molecule has 2 unspecified atom stereocenters. The highest BCUT2D eigenvalue weighted by Crippen LogP contribution is 2.31. The zero-order valence-electron chi connectivity index (χ0n) is 13.5. The van der Waals surface area contributed by atoms with Crippen molar-refractivity contribution in [2.45, 2.75) is 37.8 Å². The van der Waals surface area contributed by atoms with Gasteiger partial charge in [-0.15, -0.1) is 11.3 Å². The highest BCUT2D eigenvalue weighted by Gasteiger charge is 2.23. The van der Waals surface area contributed by atoms with Crippen molar-refractivity contribution in [1.29, 1.82) is 0 Å². The molecule has 1 aromatic heterocycles. The molecule has 1 aliphatic rings. The molecule has 128 valence electrons. The van der Waals surface area contributed by atoms with E-state index in [4.69, 9.17) is 9.84 Å². The molecule has 5 nitrogen and oxygen atoms in total. The van der Waals surface area contributed by atoms with Crippen molar-refractivity contribution >= 4 is 17.2 Å². The van der Waals surface area contributed by atoms with Crippen LogP contribution in [0.1, 0.15) is 58.1 Å². The average Bonchev–Trinajstić information content (AvgIpc) is 3.30. The maximum absolute atomic E-state index is 12.6. The van der Waals surface area contributed by atoms with E-state index < -0.39 is 0 Å². The van der Waals surface area contributed by atoms with Gasteiger partial charge in [0, 0.05) is 13.2 Å². The molecule has 2 aromatic rings. The number of carbonyl (C=O) groups excluding carboxylic acids is 1. The normalized spacial score (nSPS) is 18.5. The number of aromatic nitrogens is 1. The SMILES string of the molecule is O=C(NC(CCCO)c1ccccc1)c1cnc(C2CCCO2)s1. The topological polar surface area (TPSA) is 71.5 Å². The first-order valence-electron chi connectivity index (χ1n) is 8.32. The van der Waals surface area contributed by atoms with Crippen molar-refractivity contribution in [3.8, 4) is 0 Å². The maximum Gasteiger partial charge on any atom is 0.263 e. The van der Waals surface area contributed by atoms with Crippen molar-refractivity contribution in [1.82, 2.24) is 10.3 Å². The smallest absolute Gasteiger partial charge is 0.263 e. The molecule has 1 aromatic carbocycles. The molecule has 1 saturated heterocycles. The van der Waals surface area contributed by atoms with Crippen LogP contribution in [-0.2, 0) is 4.74 Å². The number of ether oxygens (including phenoxy) is 1. The van der Waals surface area contributed by atoms with E-state index in [9.17, 15) is 4.79 Å². The van der Waals surface area contributed by atoms with Crippen LogP contribution in [0.5, 0.6) is 0 Å². The number of benzene rings is 1. The van der Waals surface area contributed by atoms with Crippen molar-refractivity contribution in [3.05, 3.63) is 52.0 Å². The van der Waals surface area contributed by atoms with E-state index in [2.05, 4.69) is 10.3 Å². The van der Waals surface area contributed by atoms with Crippen LogP contribution >= 0.6 is 11.3 Å². The van der Waals surface area contributed by atoms with Gasteiger partial charge < -0.3 is 15.2 Å². The second-order valence-corrected chi connectivity index (χ2v) is 6.93. The zero-order valence-corrected chi connectivity index (χ0v) is 14.3. The van der Waals surface area contributed by atoms with E-state index in [1.54, 1.807) is 6.20 Å². The third kappa shape index (κ3) is 4.20. The Balaban J connectivity index is 1.68. The number of nitrogens with zero attached hydrogens (tertiary/aromatic N) is 1. The summed E-state index contributed by atoms with van der Waals surface area (Å²) in [6.07, 6.45) is 5.02. The van der Waals surface area contributed by atoms with E-state index in [-0.39, 0.29) is 24.7 Å². The predicted molar refractivity (Wildman–Crippen MR) is 93.0 cm³/mol. The summed E-state index contributed by atoms with van der Waals surface area (Å²) in [5.74, 6) is -0.122. The summed E-state index contributed by atoms with van der Waals surface area (Å²) >= 11 is 1.40. The molecule has 0 spiro atoms. The molecule has 0 aliphatic carbocycles. The van der Waals surface area contributed by atoms with Gasteiger partial charge in [-0.05, 0) is 31.2 Å². The lowest BCUT2D eigenvalue weighted by atomic mass is 10.0. The summed E-state index contributed by atoms with van der Waals surface area (Å²) in [5, 5.41) is 13.1. The molecule has 0 radical (unpaired) electrons. The molecular weight excluding hydrogens is 324 g/mol. The molecule has 1 fully saturated rings. The third-order valence-corrected chi connectivity index (χ3v) is 5.20. The Kier molecular flexibility index (Phi) is 5.96. The van der Waals surface area contributed by atoms with Gasteiger partial charge in [0.1, 0.15) is 16.0 Å². The zero-order chi connectivity index (χ0) is 16.8. The molecule has 1 amide bonds. The minimum atomic E-state index is -0.122. The van der Waals surface area contributed by atoms with Gasteiger partial charge in [0.05, 0.1) is 12.2 Å². The second kappa shape index (κ2) is 8.37. The number of aliphatic hydroxyl groups is 1. The highest BCUT2D eigenvalue weighted by molar-refractivity contribution is 7.13. The molecule has 2 heterocycles. The summed E-state index contributed by atoms with van der Waals surface area (Å²) in [6, 6.07) is 9.73. The van der Waals surface area contributed by atoms with Crippen LogP contribution in [-0.4, -0.2) is 29.2 Å². The van der Waals surface area contributed by atoms with Crippen LogP contribution in [0.25, 0.3) is 0 Å². The lowest BCUT2D eigenvalue weighted by Gasteiger charge is -2.18. The quantitative estimate of drug-likeness (QED) is 0.807. The van der Waals surface area contributed by atoms with Gasteiger partial charge in [0.15, 0.2) is 0 Å². The first kappa shape index (κ1) is 17.1. The van der Waals surface area contributed by atoms with Gasteiger partial charge in [-0.3, -0.25) is 4.79 Å². The van der Waals surface area contributed by atoms with Crippen LogP contribution in [0.4, 0.5) is 0 Å². The van der Waals surface area contributed by atoms with Crippen molar-refractivity contribution in [2.24, 2.45) is 0 Å². The average molecular weight is 346 g/mol. The molecule has 1 aliphatic heterocycles. The number of carbonyl (C=O) groups is 1. The van der Waals surface area contributed by atoms with Gasteiger partial charge in [-0.2, -0.15) is 0 Å². The standard InChI is InChI=1S/C18H22N2O3S/c21-10-4-8-14(13-6-2-1-3-7-13)20-17(22)16-12-19-18(24-16)15-9-5-11-23-15/h1-3,6-7,12,14-15,21H,4-5,8-11H2,(H,20,22). The maximum atomic E-state index is 12.6. The molecule has 6 heteroatoms. The molecule has 2 atom stereocenters. The van der Waals surface area contributed by atoms with Crippen molar-refractivity contribution < 1.29 is 14.6 Å². The number of hydrogen-bond donors (Lipinski definition) is 2. The Labute approximate surface area is 145 Å². The third-order valence-electron chi connectivity index (χ3n) is 4.11. The van der Waals surface area contributed by atoms with Crippen LogP contribution in [0, 0.1) is 0 Å². The number of aliphatic hydroxyl groups excluding tert-OH is 1. The van der Waals surface area contributed by atoms with Gasteiger partial charge in [0.2, 0.25) is 0 Å². The fraction of sp³-hybridized carbons (Fsp3) is 0.444. The first-order valence-corrected chi connectivity index (χ1v) is 9.13. The largest absolute Gasteiger partial charge is 0.396 e. The van der Waals surface area contributed by atoms with Crippen molar-refractivity contribution in [3.63, 3.8) is 0 Å². The van der Waals surface area contributed by atoms with E-state index in [1.165, 1.54) is 11.3 Å². The molecule has 0 saturated carbocycles. The monoisotopic (exact) mass is 346 g/mol. The summed E-state index contributed by atoms with van der Waals surface area (Å²) < 4.78 is 5.62. The van der Waals surface area contributed by atoms with Crippen LogP contribution in [0.15, 0.2) is 36.5 Å².